The average molecular weight is 405 g/mol. The van der Waals surface area contributed by atoms with Crippen molar-refractivity contribution in [2.45, 2.75) is 72.1 Å². The topological polar surface area (TPSA) is 57.5 Å². The Morgan fingerprint density at radius 3 is 2.47 bits per heavy atom. The fourth-order valence-electron chi connectivity index (χ4n) is 7.25. The minimum absolute atomic E-state index is 0.0114. The summed E-state index contributed by atoms with van der Waals surface area (Å²) in [6, 6.07) is 6.14. The molecule has 1 saturated carbocycles. The lowest BCUT2D eigenvalue weighted by Crippen LogP contribution is -2.59. The van der Waals surface area contributed by atoms with Crippen molar-refractivity contribution in [2.75, 3.05) is 0 Å². The summed E-state index contributed by atoms with van der Waals surface area (Å²) in [5, 5.41) is 22.6. The van der Waals surface area contributed by atoms with Crippen molar-refractivity contribution in [3.05, 3.63) is 46.5 Å². The number of hydrogen-bond donors (Lipinski definition) is 2. The molecule has 3 aliphatic rings. The fraction of sp³-hybridized carbons (Fsp3) is 0.519. The highest BCUT2D eigenvalue weighted by atomic mass is 16.3. The fourth-order valence-corrected chi connectivity index (χ4v) is 7.25. The highest BCUT2D eigenvalue weighted by molar-refractivity contribution is 5.96. The van der Waals surface area contributed by atoms with Gasteiger partial charge in [0.1, 0.15) is 0 Å². The van der Waals surface area contributed by atoms with E-state index in [1.165, 1.54) is 11.1 Å². The van der Waals surface area contributed by atoms with Crippen molar-refractivity contribution >= 4 is 16.6 Å². The van der Waals surface area contributed by atoms with E-state index in [9.17, 15) is 15.0 Å². The van der Waals surface area contributed by atoms with E-state index in [-0.39, 0.29) is 27.7 Å². The first-order valence-electron chi connectivity index (χ1n) is 11.2. The quantitative estimate of drug-likeness (QED) is 0.521. The predicted octanol–water partition coefficient (Wildman–Crippen LogP) is 6.11. The van der Waals surface area contributed by atoms with E-state index < -0.39 is 0 Å². The van der Waals surface area contributed by atoms with Crippen LogP contribution in [0.1, 0.15) is 70.1 Å². The first-order valence-corrected chi connectivity index (χ1v) is 11.2. The zero-order chi connectivity index (χ0) is 21.6. The van der Waals surface area contributed by atoms with Gasteiger partial charge in [0.25, 0.3) is 0 Å². The number of aromatic hydroxyl groups is 2. The third kappa shape index (κ3) is 2.24. The van der Waals surface area contributed by atoms with Gasteiger partial charge in [-0.05, 0) is 95.2 Å². The Balaban J connectivity index is 1.74. The monoisotopic (exact) mass is 404 g/mol. The highest BCUT2D eigenvalue weighted by Crippen LogP contribution is 2.67. The lowest BCUT2D eigenvalue weighted by molar-refractivity contribution is -0.125. The Morgan fingerprint density at radius 1 is 1.00 bits per heavy atom. The summed E-state index contributed by atoms with van der Waals surface area (Å²) in [6.07, 6.45) is 7.10. The Hall–Kier alpha value is -2.29. The number of aryl methyl sites for hydroxylation is 2. The zero-order valence-electron chi connectivity index (χ0n) is 18.7. The summed E-state index contributed by atoms with van der Waals surface area (Å²) < 4.78 is 0. The molecule has 0 aliphatic heterocycles. The third-order valence-electron chi connectivity index (χ3n) is 9.44. The lowest BCUT2D eigenvalue weighted by atomic mass is 9.40. The van der Waals surface area contributed by atoms with Crippen LogP contribution in [0.25, 0.3) is 10.8 Å². The van der Waals surface area contributed by atoms with E-state index in [0.29, 0.717) is 18.1 Å². The van der Waals surface area contributed by atoms with E-state index in [1.54, 1.807) is 6.07 Å². The smallest absolute Gasteiger partial charge is 0.161 e. The number of rotatable bonds is 0. The van der Waals surface area contributed by atoms with Gasteiger partial charge in [-0.1, -0.05) is 39.0 Å². The van der Waals surface area contributed by atoms with Gasteiger partial charge in [-0.15, -0.1) is 0 Å². The van der Waals surface area contributed by atoms with E-state index >= 15 is 0 Å². The first-order chi connectivity index (χ1) is 14.0. The molecular weight excluding hydrogens is 372 g/mol. The molecule has 3 aliphatic carbocycles. The summed E-state index contributed by atoms with van der Waals surface area (Å²) in [5.74, 6) is 0.650. The van der Waals surface area contributed by atoms with Crippen molar-refractivity contribution in [3.8, 4) is 11.5 Å². The molecule has 0 aromatic heterocycles. The van der Waals surface area contributed by atoms with Crippen molar-refractivity contribution in [1.29, 1.82) is 0 Å². The van der Waals surface area contributed by atoms with Gasteiger partial charge < -0.3 is 10.2 Å². The number of carbonyl (C=O) groups is 1. The number of phenolic OH excluding ortho intramolecular Hbond substituents is 2. The molecule has 30 heavy (non-hydrogen) atoms. The summed E-state index contributed by atoms with van der Waals surface area (Å²) >= 11 is 0. The van der Waals surface area contributed by atoms with Crippen LogP contribution in [0.2, 0.25) is 0 Å². The van der Waals surface area contributed by atoms with Gasteiger partial charge in [0.05, 0.1) is 0 Å². The van der Waals surface area contributed by atoms with Crippen LogP contribution in [0, 0.1) is 23.7 Å². The predicted molar refractivity (Wildman–Crippen MR) is 120 cm³/mol. The summed E-state index contributed by atoms with van der Waals surface area (Å²) in [6.45, 7) is 11.0. The summed E-state index contributed by atoms with van der Waals surface area (Å²) in [5.41, 5.74) is 4.52. The molecule has 0 radical (unpaired) electrons. The maximum atomic E-state index is 12.5. The van der Waals surface area contributed by atoms with Crippen LogP contribution < -0.4 is 0 Å². The van der Waals surface area contributed by atoms with Crippen LogP contribution in [0.3, 0.4) is 0 Å². The second-order valence-electron chi connectivity index (χ2n) is 10.9. The van der Waals surface area contributed by atoms with E-state index in [4.69, 9.17) is 0 Å². The number of ketones is 1. The highest BCUT2D eigenvalue weighted by Gasteiger charge is 2.61. The Bertz CT molecular complexity index is 1140. The second kappa shape index (κ2) is 5.90. The standard InChI is InChI=1S/C27H32O3/c1-15-12-23-25(3,14-22(15)29)10-11-26(4)20-7-6-17-16(2)24(30)21(28)13-19(17)18(20)8-9-27(23,26)5/h6-7,12-13,23,28,30H,8-11,14H2,1-5H3. The SMILES string of the molecule is CC1=CC2C(C)(CCC3(C)c4ccc5c(C)c(O)c(O)cc5c4CCC23C)CC1=O. The summed E-state index contributed by atoms with van der Waals surface area (Å²) in [7, 11) is 0. The molecule has 0 amide bonds. The van der Waals surface area contributed by atoms with Gasteiger partial charge in [-0.25, -0.2) is 0 Å². The minimum Gasteiger partial charge on any atom is -0.504 e. The number of phenols is 2. The molecule has 4 unspecified atom stereocenters. The average Bonchev–Trinajstić information content (AvgIpc) is 2.69. The number of allylic oxidation sites excluding steroid dienone is 2. The molecule has 3 heteroatoms. The third-order valence-corrected chi connectivity index (χ3v) is 9.44. The maximum Gasteiger partial charge on any atom is 0.161 e. The molecule has 4 atom stereocenters. The number of fused-ring (bicyclic) bond motifs is 7. The van der Waals surface area contributed by atoms with E-state index in [2.05, 4.69) is 39.0 Å². The van der Waals surface area contributed by atoms with Crippen molar-refractivity contribution in [1.82, 2.24) is 0 Å². The number of benzene rings is 2. The molecule has 0 bridgehead atoms. The number of Topliss-reactive ketones (excluding diaryl/α,β-unsaturated/α-hetero) is 1. The summed E-state index contributed by atoms with van der Waals surface area (Å²) in [4.78, 5) is 12.5. The molecule has 158 valence electrons. The number of hydrogen-bond acceptors (Lipinski definition) is 3. The first kappa shape index (κ1) is 19.7. The maximum absolute atomic E-state index is 12.5. The van der Waals surface area contributed by atoms with E-state index in [1.807, 2.05) is 13.8 Å². The van der Waals surface area contributed by atoms with Gasteiger partial charge in [-0.2, -0.15) is 0 Å². The Morgan fingerprint density at radius 2 is 1.73 bits per heavy atom. The number of carbonyl (C=O) groups excluding carboxylic acids is 1. The van der Waals surface area contributed by atoms with Gasteiger partial charge in [0, 0.05) is 12.0 Å². The molecule has 0 spiro atoms. The van der Waals surface area contributed by atoms with Crippen LogP contribution >= 0.6 is 0 Å². The largest absolute Gasteiger partial charge is 0.504 e. The normalized spacial score (nSPS) is 35.4. The minimum atomic E-state index is -0.0348. The molecule has 1 fully saturated rings. The van der Waals surface area contributed by atoms with Crippen molar-refractivity contribution in [3.63, 3.8) is 0 Å². The molecule has 0 saturated heterocycles. The second-order valence-corrected chi connectivity index (χ2v) is 10.9. The molecule has 0 heterocycles. The molecule has 2 aromatic carbocycles. The zero-order valence-corrected chi connectivity index (χ0v) is 18.7. The van der Waals surface area contributed by atoms with Gasteiger partial charge in [0.2, 0.25) is 0 Å². The van der Waals surface area contributed by atoms with Crippen molar-refractivity contribution < 1.29 is 15.0 Å². The van der Waals surface area contributed by atoms with Crippen LogP contribution in [-0.4, -0.2) is 16.0 Å². The Kier molecular flexibility index (Phi) is 3.87. The van der Waals surface area contributed by atoms with Crippen LogP contribution in [-0.2, 0) is 16.6 Å². The molecule has 2 N–H and O–H groups in total. The van der Waals surface area contributed by atoms with Gasteiger partial charge in [-0.3, -0.25) is 4.79 Å². The van der Waals surface area contributed by atoms with E-state index in [0.717, 1.165) is 47.6 Å². The van der Waals surface area contributed by atoms with Crippen molar-refractivity contribution in [2.24, 2.45) is 16.7 Å². The Labute approximate surface area is 178 Å². The van der Waals surface area contributed by atoms with Crippen LogP contribution in [0.15, 0.2) is 29.8 Å². The van der Waals surface area contributed by atoms with Crippen LogP contribution in [0.5, 0.6) is 11.5 Å². The van der Waals surface area contributed by atoms with Gasteiger partial charge >= 0.3 is 0 Å². The lowest BCUT2D eigenvalue weighted by Gasteiger charge is -2.64. The molecular formula is C27H32O3. The molecule has 3 nitrogen and oxygen atoms in total. The molecule has 5 rings (SSSR count). The van der Waals surface area contributed by atoms with Gasteiger partial charge in [0.15, 0.2) is 17.3 Å². The van der Waals surface area contributed by atoms with Crippen LogP contribution in [0.4, 0.5) is 0 Å². The molecule has 2 aromatic rings.